The van der Waals surface area contributed by atoms with Crippen LogP contribution in [0.3, 0.4) is 0 Å². The van der Waals surface area contributed by atoms with Gasteiger partial charge >= 0.3 is 0 Å². The third-order valence-corrected chi connectivity index (χ3v) is 5.96. The Morgan fingerprint density at radius 1 is 1.29 bits per heavy atom. The molecule has 1 N–H and O–H groups in total. The van der Waals surface area contributed by atoms with E-state index in [1.54, 1.807) is 0 Å². The van der Waals surface area contributed by atoms with Crippen LogP contribution in [-0.4, -0.2) is 30.6 Å². The zero-order valence-electron chi connectivity index (χ0n) is 13.4. The molecule has 1 aromatic heterocycles. The van der Waals surface area contributed by atoms with E-state index in [1.165, 1.54) is 70.1 Å². The maximum Gasteiger partial charge on any atom is 0.0245 e. The molecule has 0 unspecified atom stereocenters. The van der Waals surface area contributed by atoms with Crippen LogP contribution in [0.5, 0.6) is 0 Å². The maximum absolute atomic E-state index is 3.66. The first-order valence-electron chi connectivity index (χ1n) is 8.77. The molecule has 0 radical (unpaired) electrons. The van der Waals surface area contributed by atoms with Crippen LogP contribution in [0.15, 0.2) is 16.8 Å². The highest BCUT2D eigenvalue weighted by Gasteiger charge is 2.38. The molecule has 3 rings (SSSR count). The Morgan fingerprint density at radius 2 is 2.10 bits per heavy atom. The van der Waals surface area contributed by atoms with Crippen molar-refractivity contribution in [2.24, 2.45) is 5.41 Å². The van der Waals surface area contributed by atoms with Gasteiger partial charge in [-0.1, -0.05) is 26.2 Å². The summed E-state index contributed by atoms with van der Waals surface area (Å²) in [5.74, 6) is 0. The lowest BCUT2D eigenvalue weighted by Crippen LogP contribution is -2.46. The minimum Gasteiger partial charge on any atom is -0.316 e. The summed E-state index contributed by atoms with van der Waals surface area (Å²) in [5.41, 5.74) is 2.05. The lowest BCUT2D eigenvalue weighted by molar-refractivity contribution is 0.0931. The van der Waals surface area contributed by atoms with Crippen LogP contribution in [0, 0.1) is 5.41 Å². The Hall–Kier alpha value is -0.380. The fourth-order valence-corrected chi connectivity index (χ4v) is 4.54. The van der Waals surface area contributed by atoms with Gasteiger partial charge in [0.15, 0.2) is 0 Å². The highest BCUT2D eigenvalue weighted by Crippen LogP contribution is 2.40. The van der Waals surface area contributed by atoms with Crippen molar-refractivity contribution in [1.82, 2.24) is 10.2 Å². The van der Waals surface area contributed by atoms with Crippen LogP contribution in [-0.2, 0) is 6.54 Å². The van der Waals surface area contributed by atoms with Crippen LogP contribution in [0.2, 0.25) is 0 Å². The van der Waals surface area contributed by atoms with Gasteiger partial charge < -0.3 is 5.32 Å². The molecule has 1 aromatic rings. The van der Waals surface area contributed by atoms with Crippen molar-refractivity contribution < 1.29 is 0 Å². The molecule has 1 heterocycles. The topological polar surface area (TPSA) is 15.3 Å². The summed E-state index contributed by atoms with van der Waals surface area (Å²) in [4.78, 5) is 2.80. The fraction of sp³-hybridized carbons (Fsp3) is 0.778. The van der Waals surface area contributed by atoms with Crippen molar-refractivity contribution in [3.05, 3.63) is 22.4 Å². The van der Waals surface area contributed by atoms with Crippen molar-refractivity contribution in [3.63, 3.8) is 0 Å². The number of nitrogens with one attached hydrogen (secondary N) is 1. The summed E-state index contributed by atoms with van der Waals surface area (Å²) in [7, 11) is 0. The van der Waals surface area contributed by atoms with Gasteiger partial charge in [-0.25, -0.2) is 0 Å². The molecule has 2 aliphatic rings. The van der Waals surface area contributed by atoms with E-state index >= 15 is 0 Å². The van der Waals surface area contributed by atoms with Crippen LogP contribution in [0.25, 0.3) is 0 Å². The van der Waals surface area contributed by atoms with E-state index in [-0.39, 0.29) is 0 Å². The summed E-state index contributed by atoms with van der Waals surface area (Å²) < 4.78 is 0. The Labute approximate surface area is 133 Å². The van der Waals surface area contributed by atoms with E-state index in [0.29, 0.717) is 5.41 Å². The Balaban J connectivity index is 1.66. The zero-order chi connectivity index (χ0) is 14.5. The van der Waals surface area contributed by atoms with Gasteiger partial charge in [0, 0.05) is 25.7 Å². The predicted molar refractivity (Wildman–Crippen MR) is 91.8 cm³/mol. The second-order valence-electron chi connectivity index (χ2n) is 7.11. The third-order valence-electron chi connectivity index (χ3n) is 5.23. The van der Waals surface area contributed by atoms with Crippen molar-refractivity contribution in [2.45, 2.75) is 64.5 Å². The molecule has 0 bridgehead atoms. The molecular formula is C18H30N2S. The van der Waals surface area contributed by atoms with E-state index in [9.17, 15) is 0 Å². The lowest BCUT2D eigenvalue weighted by atomic mass is 9.73. The highest BCUT2D eigenvalue weighted by atomic mass is 32.1. The monoisotopic (exact) mass is 306 g/mol. The smallest absolute Gasteiger partial charge is 0.0245 e. The first-order valence-corrected chi connectivity index (χ1v) is 9.71. The zero-order valence-corrected chi connectivity index (χ0v) is 14.3. The maximum atomic E-state index is 3.66. The van der Waals surface area contributed by atoms with Crippen molar-refractivity contribution in [3.8, 4) is 0 Å². The molecule has 0 amide bonds. The average Bonchev–Trinajstić information content (AvgIpc) is 3.24. The Bertz CT molecular complexity index is 405. The Kier molecular flexibility index (Phi) is 5.36. The van der Waals surface area contributed by atoms with Gasteiger partial charge in [0.2, 0.25) is 0 Å². The summed E-state index contributed by atoms with van der Waals surface area (Å²) in [6.07, 6.45) is 10.00. The second kappa shape index (κ2) is 7.26. The van der Waals surface area contributed by atoms with Gasteiger partial charge in [-0.05, 0) is 60.0 Å². The van der Waals surface area contributed by atoms with E-state index in [2.05, 4.69) is 34.0 Å². The molecule has 118 valence electrons. The van der Waals surface area contributed by atoms with E-state index in [1.807, 2.05) is 11.3 Å². The van der Waals surface area contributed by atoms with Gasteiger partial charge in [0.1, 0.15) is 0 Å². The molecule has 2 saturated carbocycles. The Morgan fingerprint density at radius 3 is 2.71 bits per heavy atom. The number of rotatable bonds is 8. The molecule has 21 heavy (non-hydrogen) atoms. The SMILES string of the molecule is CCNCC1(CN(Cc2ccsc2)C2CC2)CCCCC1. The molecule has 0 aromatic carbocycles. The largest absolute Gasteiger partial charge is 0.316 e. The van der Waals surface area contributed by atoms with Crippen LogP contribution in [0.1, 0.15) is 57.4 Å². The average molecular weight is 307 g/mol. The summed E-state index contributed by atoms with van der Waals surface area (Å²) in [6, 6.07) is 3.17. The highest BCUT2D eigenvalue weighted by molar-refractivity contribution is 7.07. The molecule has 0 spiro atoms. The summed E-state index contributed by atoms with van der Waals surface area (Å²) in [5, 5.41) is 8.20. The predicted octanol–water partition coefficient (Wildman–Crippen LogP) is 4.27. The van der Waals surface area contributed by atoms with Crippen LogP contribution >= 0.6 is 11.3 Å². The number of nitrogens with zero attached hydrogens (tertiary/aromatic N) is 1. The number of thiophene rings is 1. The number of hydrogen-bond donors (Lipinski definition) is 1. The summed E-state index contributed by atoms with van der Waals surface area (Å²) >= 11 is 1.83. The molecular weight excluding hydrogens is 276 g/mol. The molecule has 0 atom stereocenters. The quantitative estimate of drug-likeness (QED) is 0.771. The molecule has 0 aliphatic heterocycles. The van der Waals surface area contributed by atoms with Crippen molar-refractivity contribution in [2.75, 3.05) is 19.6 Å². The van der Waals surface area contributed by atoms with Gasteiger partial charge in [-0.15, -0.1) is 0 Å². The third kappa shape index (κ3) is 4.30. The molecule has 0 saturated heterocycles. The van der Waals surface area contributed by atoms with E-state index in [4.69, 9.17) is 0 Å². The fourth-order valence-electron chi connectivity index (χ4n) is 3.88. The van der Waals surface area contributed by atoms with Gasteiger partial charge in [0.25, 0.3) is 0 Å². The van der Waals surface area contributed by atoms with Crippen LogP contribution in [0.4, 0.5) is 0 Å². The minimum absolute atomic E-state index is 0.535. The van der Waals surface area contributed by atoms with Gasteiger partial charge in [0.05, 0.1) is 0 Å². The first kappa shape index (κ1) is 15.5. The van der Waals surface area contributed by atoms with Gasteiger partial charge in [-0.3, -0.25) is 4.90 Å². The number of hydrogen-bond acceptors (Lipinski definition) is 3. The van der Waals surface area contributed by atoms with E-state index in [0.717, 1.165) is 12.6 Å². The standard InChI is InChI=1S/C18H30N2S/c1-2-19-14-18(9-4-3-5-10-18)15-20(17-6-7-17)12-16-8-11-21-13-16/h8,11,13,17,19H,2-7,9-10,12,14-15H2,1H3. The molecule has 2 fully saturated rings. The van der Waals surface area contributed by atoms with Crippen LogP contribution < -0.4 is 5.32 Å². The normalized spacial score (nSPS) is 21.8. The molecule has 2 aliphatic carbocycles. The van der Waals surface area contributed by atoms with Crippen molar-refractivity contribution >= 4 is 11.3 Å². The summed E-state index contributed by atoms with van der Waals surface area (Å²) in [6.45, 7) is 7.04. The first-order chi connectivity index (χ1) is 10.3. The van der Waals surface area contributed by atoms with Crippen molar-refractivity contribution in [1.29, 1.82) is 0 Å². The lowest BCUT2D eigenvalue weighted by Gasteiger charge is -2.41. The second-order valence-corrected chi connectivity index (χ2v) is 7.89. The van der Waals surface area contributed by atoms with Gasteiger partial charge in [-0.2, -0.15) is 11.3 Å². The minimum atomic E-state index is 0.535. The van der Waals surface area contributed by atoms with E-state index < -0.39 is 0 Å². The molecule has 3 heteroatoms. The molecule has 2 nitrogen and oxygen atoms in total.